The number of ether oxygens (including phenoxy) is 1. The molecular formula is C10H15NO2. The van der Waals surface area contributed by atoms with Gasteiger partial charge in [-0.3, -0.25) is 4.79 Å². The Kier molecular flexibility index (Phi) is 3.71. The molecule has 3 heteroatoms. The van der Waals surface area contributed by atoms with Crippen molar-refractivity contribution in [1.29, 1.82) is 0 Å². The van der Waals surface area contributed by atoms with Gasteiger partial charge in [-0.25, -0.2) is 0 Å². The molecule has 0 aliphatic rings. The van der Waals surface area contributed by atoms with E-state index in [1.807, 2.05) is 23.0 Å². The van der Waals surface area contributed by atoms with Gasteiger partial charge < -0.3 is 9.30 Å². The van der Waals surface area contributed by atoms with Gasteiger partial charge in [-0.05, 0) is 19.4 Å². The predicted molar refractivity (Wildman–Crippen MR) is 50.9 cm³/mol. The van der Waals surface area contributed by atoms with Crippen LogP contribution in [0.2, 0.25) is 0 Å². The third-order valence-electron chi connectivity index (χ3n) is 1.92. The second-order valence-electron chi connectivity index (χ2n) is 3.04. The molecule has 0 radical (unpaired) electrons. The number of aromatic nitrogens is 1. The highest BCUT2D eigenvalue weighted by molar-refractivity contribution is 5.93. The standard InChI is InChI=1S/C10H15NO2/c1-9(12)10-4-6-11(8-10)5-3-7-13-2/h4,6,8H,3,5,7H2,1-2H3. The molecule has 3 nitrogen and oxygen atoms in total. The number of methoxy groups -OCH3 is 1. The van der Waals surface area contributed by atoms with E-state index >= 15 is 0 Å². The first-order chi connectivity index (χ1) is 6.24. The van der Waals surface area contributed by atoms with E-state index in [4.69, 9.17) is 4.74 Å². The van der Waals surface area contributed by atoms with Gasteiger partial charge in [-0.15, -0.1) is 0 Å². The molecule has 0 saturated heterocycles. The molecule has 1 rings (SSSR count). The van der Waals surface area contributed by atoms with Gasteiger partial charge in [-0.2, -0.15) is 0 Å². The van der Waals surface area contributed by atoms with Crippen LogP contribution in [0.3, 0.4) is 0 Å². The Morgan fingerprint density at radius 2 is 2.38 bits per heavy atom. The molecule has 1 aromatic heterocycles. The number of carbonyl (C=O) groups excluding carboxylic acids is 1. The lowest BCUT2D eigenvalue weighted by Gasteiger charge is -2.00. The van der Waals surface area contributed by atoms with Gasteiger partial charge in [0, 0.05) is 38.2 Å². The highest BCUT2D eigenvalue weighted by Crippen LogP contribution is 2.02. The fourth-order valence-corrected chi connectivity index (χ4v) is 1.18. The number of carbonyl (C=O) groups is 1. The minimum absolute atomic E-state index is 0.116. The topological polar surface area (TPSA) is 31.2 Å². The summed E-state index contributed by atoms with van der Waals surface area (Å²) in [7, 11) is 1.69. The summed E-state index contributed by atoms with van der Waals surface area (Å²) < 4.78 is 6.95. The predicted octanol–water partition coefficient (Wildman–Crippen LogP) is 1.73. The monoisotopic (exact) mass is 181 g/mol. The summed E-state index contributed by atoms with van der Waals surface area (Å²) in [4.78, 5) is 11.0. The molecule has 0 N–H and O–H groups in total. The zero-order chi connectivity index (χ0) is 9.68. The van der Waals surface area contributed by atoms with E-state index in [2.05, 4.69) is 0 Å². The van der Waals surface area contributed by atoms with E-state index in [0.717, 1.165) is 25.1 Å². The van der Waals surface area contributed by atoms with E-state index in [9.17, 15) is 4.79 Å². The van der Waals surface area contributed by atoms with Gasteiger partial charge in [0.25, 0.3) is 0 Å². The SMILES string of the molecule is COCCCn1ccc(C(C)=O)c1. The van der Waals surface area contributed by atoms with Crippen LogP contribution < -0.4 is 0 Å². The summed E-state index contributed by atoms with van der Waals surface area (Å²) in [5.41, 5.74) is 0.775. The molecule has 72 valence electrons. The van der Waals surface area contributed by atoms with E-state index in [-0.39, 0.29) is 5.78 Å². The van der Waals surface area contributed by atoms with Crippen LogP contribution in [0, 0.1) is 0 Å². The lowest BCUT2D eigenvalue weighted by atomic mass is 10.2. The van der Waals surface area contributed by atoms with E-state index in [1.165, 1.54) is 0 Å². The Morgan fingerprint density at radius 1 is 1.62 bits per heavy atom. The second kappa shape index (κ2) is 4.82. The summed E-state index contributed by atoms with van der Waals surface area (Å²) >= 11 is 0. The van der Waals surface area contributed by atoms with E-state index in [1.54, 1.807) is 14.0 Å². The number of aryl methyl sites for hydroxylation is 1. The Labute approximate surface area is 78.3 Å². The average Bonchev–Trinajstić information content (AvgIpc) is 2.53. The summed E-state index contributed by atoms with van der Waals surface area (Å²) in [5, 5.41) is 0. The van der Waals surface area contributed by atoms with Crippen molar-refractivity contribution in [2.75, 3.05) is 13.7 Å². The van der Waals surface area contributed by atoms with Crippen LogP contribution in [0.25, 0.3) is 0 Å². The van der Waals surface area contributed by atoms with Gasteiger partial charge in [0.2, 0.25) is 0 Å². The van der Waals surface area contributed by atoms with Crippen molar-refractivity contribution >= 4 is 5.78 Å². The summed E-state index contributed by atoms with van der Waals surface area (Å²) in [6, 6.07) is 1.84. The Hall–Kier alpha value is -1.09. The van der Waals surface area contributed by atoms with Crippen LogP contribution >= 0.6 is 0 Å². The lowest BCUT2D eigenvalue weighted by Crippen LogP contribution is -1.99. The van der Waals surface area contributed by atoms with Gasteiger partial charge in [0.15, 0.2) is 5.78 Å². The van der Waals surface area contributed by atoms with Crippen molar-refractivity contribution < 1.29 is 9.53 Å². The third-order valence-corrected chi connectivity index (χ3v) is 1.92. The minimum Gasteiger partial charge on any atom is -0.385 e. The normalized spacial score (nSPS) is 10.3. The summed E-state index contributed by atoms with van der Waals surface area (Å²) in [6.07, 6.45) is 4.77. The van der Waals surface area contributed by atoms with Crippen molar-refractivity contribution in [2.45, 2.75) is 19.9 Å². The van der Waals surface area contributed by atoms with E-state index in [0.29, 0.717) is 0 Å². The first kappa shape index (κ1) is 9.99. The number of nitrogens with zero attached hydrogens (tertiary/aromatic N) is 1. The fourth-order valence-electron chi connectivity index (χ4n) is 1.18. The van der Waals surface area contributed by atoms with E-state index < -0.39 is 0 Å². The van der Waals surface area contributed by atoms with Gasteiger partial charge in [-0.1, -0.05) is 0 Å². The molecule has 0 atom stereocenters. The number of Topliss-reactive ketones (excluding diaryl/α,β-unsaturated/α-hetero) is 1. The van der Waals surface area contributed by atoms with Crippen molar-refractivity contribution in [2.24, 2.45) is 0 Å². The maximum atomic E-state index is 11.0. The largest absolute Gasteiger partial charge is 0.385 e. The summed E-state index contributed by atoms with van der Waals surface area (Å²) in [5.74, 6) is 0.116. The molecule has 0 aliphatic heterocycles. The molecule has 13 heavy (non-hydrogen) atoms. The van der Waals surface area contributed by atoms with Crippen molar-refractivity contribution in [3.8, 4) is 0 Å². The average molecular weight is 181 g/mol. The molecule has 0 amide bonds. The number of ketones is 1. The first-order valence-corrected chi connectivity index (χ1v) is 4.39. The Balaban J connectivity index is 2.44. The van der Waals surface area contributed by atoms with Crippen LogP contribution in [0.5, 0.6) is 0 Å². The fraction of sp³-hybridized carbons (Fsp3) is 0.500. The Morgan fingerprint density at radius 3 is 2.92 bits per heavy atom. The van der Waals surface area contributed by atoms with Gasteiger partial charge >= 0.3 is 0 Å². The van der Waals surface area contributed by atoms with Crippen LogP contribution in [-0.2, 0) is 11.3 Å². The zero-order valence-corrected chi connectivity index (χ0v) is 8.12. The van der Waals surface area contributed by atoms with Gasteiger partial charge in [0.05, 0.1) is 0 Å². The number of hydrogen-bond acceptors (Lipinski definition) is 2. The molecule has 0 bridgehead atoms. The molecule has 0 spiro atoms. The molecule has 0 fully saturated rings. The zero-order valence-electron chi connectivity index (χ0n) is 8.12. The molecule has 1 aromatic rings. The van der Waals surface area contributed by atoms with Crippen LogP contribution in [0.15, 0.2) is 18.5 Å². The molecule has 0 unspecified atom stereocenters. The highest BCUT2D eigenvalue weighted by Gasteiger charge is 2.00. The third kappa shape index (κ3) is 3.03. The number of rotatable bonds is 5. The van der Waals surface area contributed by atoms with Crippen molar-refractivity contribution in [1.82, 2.24) is 4.57 Å². The first-order valence-electron chi connectivity index (χ1n) is 4.39. The highest BCUT2D eigenvalue weighted by atomic mass is 16.5. The van der Waals surface area contributed by atoms with Crippen LogP contribution in [0.4, 0.5) is 0 Å². The minimum atomic E-state index is 0.116. The molecule has 0 aliphatic carbocycles. The Bertz CT molecular complexity index is 278. The smallest absolute Gasteiger partial charge is 0.161 e. The molecule has 1 heterocycles. The van der Waals surface area contributed by atoms with Crippen molar-refractivity contribution in [3.63, 3.8) is 0 Å². The molecular weight excluding hydrogens is 166 g/mol. The van der Waals surface area contributed by atoms with Gasteiger partial charge in [0.1, 0.15) is 0 Å². The molecule has 0 saturated carbocycles. The van der Waals surface area contributed by atoms with Crippen LogP contribution in [0.1, 0.15) is 23.7 Å². The van der Waals surface area contributed by atoms with Crippen LogP contribution in [-0.4, -0.2) is 24.1 Å². The van der Waals surface area contributed by atoms with Crippen molar-refractivity contribution in [3.05, 3.63) is 24.0 Å². The lowest BCUT2D eigenvalue weighted by molar-refractivity contribution is 0.101. The maximum Gasteiger partial charge on any atom is 0.161 e. The summed E-state index contributed by atoms with van der Waals surface area (Å²) in [6.45, 7) is 3.24. The quantitative estimate of drug-likeness (QED) is 0.511. The maximum absolute atomic E-state index is 11.0. The second-order valence-corrected chi connectivity index (χ2v) is 3.04. The molecule has 0 aromatic carbocycles. The number of hydrogen-bond donors (Lipinski definition) is 0.